The Bertz CT molecular complexity index is 319. The van der Waals surface area contributed by atoms with Crippen molar-refractivity contribution >= 4 is 27.5 Å². The maximum absolute atomic E-state index is 6.37. The van der Waals surface area contributed by atoms with Gasteiger partial charge in [0, 0.05) is 11.1 Å². The van der Waals surface area contributed by atoms with E-state index in [1.165, 1.54) is 18.4 Å². The molecular formula is C13H16BrClO. The zero-order valence-corrected chi connectivity index (χ0v) is 11.5. The monoisotopic (exact) mass is 302 g/mol. The van der Waals surface area contributed by atoms with Gasteiger partial charge in [-0.05, 0) is 43.4 Å². The van der Waals surface area contributed by atoms with Crippen molar-refractivity contribution in [1.29, 1.82) is 0 Å². The van der Waals surface area contributed by atoms with Gasteiger partial charge < -0.3 is 4.74 Å². The van der Waals surface area contributed by atoms with Crippen LogP contribution in [0, 0.1) is 0 Å². The maximum atomic E-state index is 6.37. The second kappa shape index (κ2) is 6.04. The minimum absolute atomic E-state index is 0.109. The van der Waals surface area contributed by atoms with Crippen LogP contribution in [0.2, 0.25) is 0 Å². The lowest BCUT2D eigenvalue weighted by molar-refractivity contribution is 0.102. The molecule has 2 rings (SSSR count). The molecule has 0 amide bonds. The highest BCUT2D eigenvalue weighted by Crippen LogP contribution is 2.29. The van der Waals surface area contributed by atoms with Crippen molar-refractivity contribution < 1.29 is 4.74 Å². The van der Waals surface area contributed by atoms with Crippen LogP contribution in [0.5, 0.6) is 0 Å². The summed E-state index contributed by atoms with van der Waals surface area (Å²) in [5.41, 5.74) is 1.20. The molecule has 3 heteroatoms. The largest absolute Gasteiger partial charge is 0.378 e. The summed E-state index contributed by atoms with van der Waals surface area (Å²) in [7, 11) is 0. The van der Waals surface area contributed by atoms with E-state index in [1.807, 2.05) is 12.1 Å². The van der Waals surface area contributed by atoms with Crippen molar-refractivity contribution in [3.8, 4) is 0 Å². The van der Waals surface area contributed by atoms with Gasteiger partial charge in [-0.25, -0.2) is 0 Å². The first-order chi connectivity index (χ1) is 7.75. The SMILES string of the molecule is ClC(CCC1CCCO1)c1ccc(Br)cc1. The Labute approximate surface area is 110 Å². The summed E-state index contributed by atoms with van der Waals surface area (Å²) in [5.74, 6) is 0. The van der Waals surface area contributed by atoms with Crippen LogP contribution in [-0.4, -0.2) is 12.7 Å². The highest BCUT2D eigenvalue weighted by molar-refractivity contribution is 9.10. The van der Waals surface area contributed by atoms with Crippen molar-refractivity contribution in [1.82, 2.24) is 0 Å². The minimum Gasteiger partial charge on any atom is -0.378 e. The van der Waals surface area contributed by atoms with Gasteiger partial charge in [0.1, 0.15) is 0 Å². The van der Waals surface area contributed by atoms with E-state index in [4.69, 9.17) is 16.3 Å². The predicted octanol–water partition coefficient (Wildman–Crippen LogP) is 4.69. The van der Waals surface area contributed by atoms with E-state index in [0.717, 1.165) is 23.9 Å². The van der Waals surface area contributed by atoms with Gasteiger partial charge in [-0.1, -0.05) is 28.1 Å². The normalized spacial score (nSPS) is 22.2. The molecule has 1 fully saturated rings. The molecule has 1 heterocycles. The number of alkyl halides is 1. The average molecular weight is 304 g/mol. The summed E-state index contributed by atoms with van der Waals surface area (Å²) in [6.45, 7) is 0.926. The lowest BCUT2D eigenvalue weighted by atomic mass is 10.0. The van der Waals surface area contributed by atoms with Crippen LogP contribution in [0.1, 0.15) is 36.6 Å². The van der Waals surface area contributed by atoms with Crippen LogP contribution >= 0.6 is 27.5 Å². The topological polar surface area (TPSA) is 9.23 Å². The molecule has 0 aromatic heterocycles. The fourth-order valence-corrected chi connectivity index (χ4v) is 2.58. The van der Waals surface area contributed by atoms with Gasteiger partial charge in [0.2, 0.25) is 0 Å². The third-order valence-corrected chi connectivity index (χ3v) is 4.00. The maximum Gasteiger partial charge on any atom is 0.0586 e. The summed E-state index contributed by atoms with van der Waals surface area (Å²) >= 11 is 9.79. The van der Waals surface area contributed by atoms with E-state index >= 15 is 0 Å². The second-order valence-corrected chi connectivity index (χ2v) is 5.67. The van der Waals surface area contributed by atoms with Crippen LogP contribution < -0.4 is 0 Å². The first-order valence-electron chi connectivity index (χ1n) is 5.77. The molecule has 0 aliphatic carbocycles. The summed E-state index contributed by atoms with van der Waals surface area (Å²) < 4.78 is 6.69. The van der Waals surface area contributed by atoms with Crippen molar-refractivity contribution in [3.63, 3.8) is 0 Å². The molecule has 1 aliphatic heterocycles. The first kappa shape index (κ1) is 12.4. The van der Waals surface area contributed by atoms with Gasteiger partial charge in [-0.3, -0.25) is 0 Å². The number of rotatable bonds is 4. The van der Waals surface area contributed by atoms with Crippen LogP contribution in [0.4, 0.5) is 0 Å². The second-order valence-electron chi connectivity index (χ2n) is 4.23. The number of benzene rings is 1. The van der Waals surface area contributed by atoms with Gasteiger partial charge in [0.15, 0.2) is 0 Å². The zero-order chi connectivity index (χ0) is 11.4. The Morgan fingerprint density at radius 1 is 1.38 bits per heavy atom. The first-order valence-corrected chi connectivity index (χ1v) is 7.00. The quantitative estimate of drug-likeness (QED) is 0.733. The third-order valence-electron chi connectivity index (χ3n) is 3.00. The Balaban J connectivity index is 1.82. The van der Waals surface area contributed by atoms with E-state index in [9.17, 15) is 0 Å². The number of hydrogen-bond donors (Lipinski definition) is 0. The van der Waals surface area contributed by atoms with Crippen LogP contribution in [0.15, 0.2) is 28.7 Å². The highest BCUT2D eigenvalue weighted by Gasteiger charge is 2.17. The molecule has 2 unspecified atom stereocenters. The van der Waals surface area contributed by atoms with Gasteiger partial charge >= 0.3 is 0 Å². The fraction of sp³-hybridized carbons (Fsp3) is 0.538. The van der Waals surface area contributed by atoms with Gasteiger partial charge in [-0.15, -0.1) is 11.6 Å². The molecule has 1 nitrogen and oxygen atoms in total. The molecule has 0 N–H and O–H groups in total. The fourth-order valence-electron chi connectivity index (χ4n) is 2.04. The molecule has 1 saturated heterocycles. The molecule has 0 spiro atoms. The Morgan fingerprint density at radius 2 is 2.12 bits per heavy atom. The molecule has 1 aromatic rings. The lowest BCUT2D eigenvalue weighted by Crippen LogP contribution is -2.05. The summed E-state index contributed by atoms with van der Waals surface area (Å²) in [5, 5.41) is 0.109. The summed E-state index contributed by atoms with van der Waals surface area (Å²) in [6, 6.07) is 8.24. The van der Waals surface area contributed by atoms with E-state index in [-0.39, 0.29) is 5.38 Å². The van der Waals surface area contributed by atoms with E-state index in [2.05, 4.69) is 28.1 Å². The van der Waals surface area contributed by atoms with E-state index in [0.29, 0.717) is 6.10 Å². The molecule has 1 aromatic carbocycles. The number of hydrogen-bond acceptors (Lipinski definition) is 1. The van der Waals surface area contributed by atoms with Crippen molar-refractivity contribution in [2.75, 3.05) is 6.61 Å². The Hall–Kier alpha value is -0.0500. The molecule has 16 heavy (non-hydrogen) atoms. The smallest absolute Gasteiger partial charge is 0.0586 e. The van der Waals surface area contributed by atoms with E-state index in [1.54, 1.807) is 0 Å². The molecule has 2 atom stereocenters. The molecular weight excluding hydrogens is 287 g/mol. The van der Waals surface area contributed by atoms with E-state index < -0.39 is 0 Å². The van der Waals surface area contributed by atoms with Gasteiger partial charge in [0.05, 0.1) is 11.5 Å². The summed E-state index contributed by atoms with van der Waals surface area (Å²) in [6.07, 6.45) is 4.91. The summed E-state index contributed by atoms with van der Waals surface area (Å²) in [4.78, 5) is 0. The average Bonchev–Trinajstić information content (AvgIpc) is 2.80. The zero-order valence-electron chi connectivity index (χ0n) is 9.16. The van der Waals surface area contributed by atoms with Gasteiger partial charge in [0.25, 0.3) is 0 Å². The third kappa shape index (κ3) is 3.47. The van der Waals surface area contributed by atoms with Crippen LogP contribution in [-0.2, 0) is 4.74 Å². The molecule has 1 aliphatic rings. The Kier molecular flexibility index (Phi) is 4.68. The molecule has 0 radical (unpaired) electrons. The lowest BCUT2D eigenvalue weighted by Gasteiger charge is -2.13. The Morgan fingerprint density at radius 3 is 2.75 bits per heavy atom. The van der Waals surface area contributed by atoms with Crippen molar-refractivity contribution in [2.45, 2.75) is 37.2 Å². The van der Waals surface area contributed by atoms with Crippen molar-refractivity contribution in [3.05, 3.63) is 34.3 Å². The van der Waals surface area contributed by atoms with Crippen molar-refractivity contribution in [2.24, 2.45) is 0 Å². The minimum atomic E-state index is 0.109. The number of halogens is 2. The molecule has 0 bridgehead atoms. The number of ether oxygens (including phenoxy) is 1. The van der Waals surface area contributed by atoms with Crippen LogP contribution in [0.3, 0.4) is 0 Å². The standard InChI is InChI=1S/C13H16BrClO/c14-11-5-3-10(4-6-11)13(15)8-7-12-2-1-9-16-12/h3-6,12-13H,1-2,7-9H2. The predicted molar refractivity (Wildman–Crippen MR) is 70.9 cm³/mol. The molecule has 88 valence electrons. The van der Waals surface area contributed by atoms with Crippen LogP contribution in [0.25, 0.3) is 0 Å². The molecule has 0 saturated carbocycles. The van der Waals surface area contributed by atoms with Gasteiger partial charge in [-0.2, -0.15) is 0 Å². The highest BCUT2D eigenvalue weighted by atomic mass is 79.9.